The largest absolute Gasteiger partial charge is 0.492 e. The molecule has 2 heterocycles. The number of carbonyl (C=O) groups excluding carboxylic acids is 1. The van der Waals surface area contributed by atoms with E-state index in [2.05, 4.69) is 17.1 Å². The monoisotopic (exact) mass is 372 g/mol. The molecule has 0 saturated carbocycles. The van der Waals surface area contributed by atoms with Crippen molar-refractivity contribution < 1.29 is 9.53 Å². The molecule has 0 aromatic heterocycles. The zero-order chi connectivity index (χ0) is 16.2. The van der Waals surface area contributed by atoms with E-state index in [0.717, 1.165) is 56.6 Å². The number of fused-ring (bicyclic) bond motifs is 1. The molecule has 1 saturated heterocycles. The minimum Gasteiger partial charge on any atom is -0.492 e. The molecule has 1 amide bonds. The first kappa shape index (κ1) is 19.4. The van der Waals surface area contributed by atoms with E-state index in [1.807, 2.05) is 18.2 Å². The molecule has 3 rings (SSSR count). The Labute approximate surface area is 155 Å². The standard InChI is InChI=1S/C18H25ClN2O2.ClH/c1-2-9-21(16-5-7-20-8-6-16)18(22)14-10-13-11-15(19)3-4-17(13)23-12-14;/h3-4,11,14,16,20H,2,5-10,12H2,1H3;1H. The predicted molar refractivity (Wildman–Crippen MR) is 99.3 cm³/mol. The second-order valence-corrected chi connectivity index (χ2v) is 6.91. The molecule has 1 atom stereocenters. The summed E-state index contributed by atoms with van der Waals surface area (Å²) in [6.45, 7) is 5.43. The van der Waals surface area contributed by atoms with Crippen molar-refractivity contribution in [3.8, 4) is 5.75 Å². The molecule has 24 heavy (non-hydrogen) atoms. The Morgan fingerprint density at radius 2 is 2.12 bits per heavy atom. The van der Waals surface area contributed by atoms with Gasteiger partial charge in [-0.2, -0.15) is 0 Å². The highest BCUT2D eigenvalue weighted by Gasteiger charge is 2.33. The number of halogens is 2. The van der Waals surface area contributed by atoms with Crippen LogP contribution in [-0.4, -0.2) is 43.1 Å². The van der Waals surface area contributed by atoms with Gasteiger partial charge in [0.2, 0.25) is 5.91 Å². The second-order valence-electron chi connectivity index (χ2n) is 6.48. The Morgan fingerprint density at radius 1 is 1.38 bits per heavy atom. The first-order chi connectivity index (χ1) is 11.2. The zero-order valence-corrected chi connectivity index (χ0v) is 15.7. The van der Waals surface area contributed by atoms with Crippen LogP contribution in [0.1, 0.15) is 31.7 Å². The van der Waals surface area contributed by atoms with E-state index in [4.69, 9.17) is 16.3 Å². The van der Waals surface area contributed by atoms with Crippen molar-refractivity contribution in [2.45, 2.75) is 38.6 Å². The van der Waals surface area contributed by atoms with Gasteiger partial charge in [-0.3, -0.25) is 4.79 Å². The number of nitrogens with one attached hydrogen (secondary N) is 1. The summed E-state index contributed by atoms with van der Waals surface area (Å²) in [5, 5.41) is 4.07. The lowest BCUT2D eigenvalue weighted by molar-refractivity contribution is -0.140. The van der Waals surface area contributed by atoms with E-state index in [0.29, 0.717) is 17.7 Å². The maximum absolute atomic E-state index is 13.1. The molecule has 2 aliphatic heterocycles. The number of hydrogen-bond acceptors (Lipinski definition) is 3. The normalized spacial score (nSPS) is 20.5. The molecule has 1 N–H and O–H groups in total. The van der Waals surface area contributed by atoms with Crippen molar-refractivity contribution in [3.05, 3.63) is 28.8 Å². The van der Waals surface area contributed by atoms with Gasteiger partial charge in [-0.05, 0) is 62.5 Å². The molecule has 134 valence electrons. The number of rotatable bonds is 4. The van der Waals surface area contributed by atoms with Crippen LogP contribution in [0.4, 0.5) is 0 Å². The number of ether oxygens (including phenoxy) is 1. The smallest absolute Gasteiger partial charge is 0.229 e. The van der Waals surface area contributed by atoms with Crippen LogP contribution >= 0.6 is 24.0 Å². The van der Waals surface area contributed by atoms with Gasteiger partial charge in [-0.25, -0.2) is 0 Å². The third-order valence-corrected chi connectivity index (χ3v) is 5.01. The number of nitrogens with zero attached hydrogens (tertiary/aromatic N) is 1. The number of hydrogen-bond donors (Lipinski definition) is 1. The Balaban J connectivity index is 0.00000208. The van der Waals surface area contributed by atoms with E-state index in [1.165, 1.54) is 0 Å². The lowest BCUT2D eigenvalue weighted by atomic mass is 9.93. The summed E-state index contributed by atoms with van der Waals surface area (Å²) in [4.78, 5) is 15.2. The second kappa shape index (κ2) is 8.93. The first-order valence-electron chi connectivity index (χ1n) is 8.61. The summed E-state index contributed by atoms with van der Waals surface area (Å²) in [5.41, 5.74) is 1.05. The van der Waals surface area contributed by atoms with Gasteiger partial charge >= 0.3 is 0 Å². The third-order valence-electron chi connectivity index (χ3n) is 4.78. The summed E-state index contributed by atoms with van der Waals surface area (Å²) >= 11 is 6.08. The van der Waals surface area contributed by atoms with Crippen molar-refractivity contribution in [3.63, 3.8) is 0 Å². The Hall–Kier alpha value is -0.970. The van der Waals surface area contributed by atoms with Crippen LogP contribution < -0.4 is 10.1 Å². The first-order valence-corrected chi connectivity index (χ1v) is 8.99. The van der Waals surface area contributed by atoms with Crippen LogP contribution in [0.25, 0.3) is 0 Å². The maximum Gasteiger partial charge on any atom is 0.229 e. The number of benzene rings is 1. The number of carbonyl (C=O) groups is 1. The minimum absolute atomic E-state index is 0. The molecular weight excluding hydrogens is 347 g/mol. The minimum atomic E-state index is -0.0950. The Bertz CT molecular complexity index is 562. The fourth-order valence-electron chi connectivity index (χ4n) is 3.59. The van der Waals surface area contributed by atoms with Crippen molar-refractivity contribution >= 4 is 29.9 Å². The summed E-state index contributed by atoms with van der Waals surface area (Å²) < 4.78 is 5.81. The molecule has 0 bridgehead atoms. The lowest BCUT2D eigenvalue weighted by Crippen LogP contribution is -2.50. The van der Waals surface area contributed by atoms with Crippen LogP contribution in [0.2, 0.25) is 5.02 Å². The van der Waals surface area contributed by atoms with E-state index in [1.54, 1.807) is 0 Å². The van der Waals surface area contributed by atoms with Crippen molar-refractivity contribution in [2.75, 3.05) is 26.2 Å². The van der Waals surface area contributed by atoms with Crippen molar-refractivity contribution in [1.29, 1.82) is 0 Å². The van der Waals surface area contributed by atoms with Gasteiger partial charge < -0.3 is 15.0 Å². The van der Waals surface area contributed by atoms with Crippen LogP contribution in [0.15, 0.2) is 18.2 Å². The van der Waals surface area contributed by atoms with E-state index < -0.39 is 0 Å². The fraction of sp³-hybridized carbons (Fsp3) is 0.611. The lowest BCUT2D eigenvalue weighted by Gasteiger charge is -2.37. The molecule has 0 radical (unpaired) electrons. The SMILES string of the molecule is CCCN(C(=O)C1COc2ccc(Cl)cc2C1)C1CCNCC1.Cl. The number of piperidine rings is 1. The molecule has 0 aliphatic carbocycles. The molecular formula is C18H26Cl2N2O2. The maximum atomic E-state index is 13.1. The van der Waals surface area contributed by atoms with E-state index in [9.17, 15) is 4.79 Å². The van der Waals surface area contributed by atoms with Crippen LogP contribution in [0.5, 0.6) is 5.75 Å². The summed E-state index contributed by atoms with van der Waals surface area (Å²) in [6, 6.07) is 6.02. The average Bonchev–Trinajstić information content (AvgIpc) is 2.59. The van der Waals surface area contributed by atoms with Crippen molar-refractivity contribution in [1.82, 2.24) is 10.2 Å². The van der Waals surface area contributed by atoms with Gasteiger partial charge in [0, 0.05) is 17.6 Å². The van der Waals surface area contributed by atoms with E-state index >= 15 is 0 Å². The zero-order valence-electron chi connectivity index (χ0n) is 14.1. The van der Waals surface area contributed by atoms with Crippen LogP contribution in [-0.2, 0) is 11.2 Å². The highest BCUT2D eigenvalue weighted by molar-refractivity contribution is 6.30. The number of amides is 1. The van der Waals surface area contributed by atoms with Gasteiger partial charge in [0.05, 0.1) is 5.92 Å². The quantitative estimate of drug-likeness (QED) is 0.881. The van der Waals surface area contributed by atoms with Gasteiger partial charge in [0.1, 0.15) is 12.4 Å². The molecule has 1 aromatic rings. The predicted octanol–water partition coefficient (Wildman–Crippen LogP) is 3.30. The molecule has 4 nitrogen and oxygen atoms in total. The summed E-state index contributed by atoms with van der Waals surface area (Å²) in [7, 11) is 0. The van der Waals surface area contributed by atoms with Crippen LogP contribution in [0, 0.1) is 5.92 Å². The molecule has 6 heteroatoms. The molecule has 0 spiro atoms. The Kier molecular flexibility index (Phi) is 7.20. The van der Waals surface area contributed by atoms with Gasteiger partial charge in [0.15, 0.2) is 0 Å². The van der Waals surface area contributed by atoms with Gasteiger partial charge in [-0.15, -0.1) is 12.4 Å². The summed E-state index contributed by atoms with van der Waals surface area (Å²) in [5.74, 6) is 1.01. The van der Waals surface area contributed by atoms with Gasteiger partial charge in [0.25, 0.3) is 0 Å². The third kappa shape index (κ3) is 4.35. The van der Waals surface area contributed by atoms with Crippen LogP contribution in [0.3, 0.4) is 0 Å². The average molecular weight is 373 g/mol. The molecule has 1 aromatic carbocycles. The van der Waals surface area contributed by atoms with Gasteiger partial charge in [-0.1, -0.05) is 18.5 Å². The molecule has 1 unspecified atom stereocenters. The Morgan fingerprint density at radius 3 is 2.83 bits per heavy atom. The molecule has 2 aliphatic rings. The summed E-state index contributed by atoms with van der Waals surface area (Å²) in [6.07, 6.45) is 3.80. The fourth-order valence-corrected chi connectivity index (χ4v) is 3.78. The van der Waals surface area contributed by atoms with Crippen molar-refractivity contribution in [2.24, 2.45) is 5.92 Å². The topological polar surface area (TPSA) is 41.6 Å². The highest BCUT2D eigenvalue weighted by atomic mass is 35.5. The van der Waals surface area contributed by atoms with E-state index in [-0.39, 0.29) is 24.2 Å². The molecule has 1 fully saturated rings. The highest BCUT2D eigenvalue weighted by Crippen LogP contribution is 2.31.